The molecule has 1 heterocycles. The van der Waals surface area contributed by atoms with Crippen molar-refractivity contribution in [3.63, 3.8) is 0 Å². The summed E-state index contributed by atoms with van der Waals surface area (Å²) in [6.07, 6.45) is 0. The van der Waals surface area contributed by atoms with Crippen molar-refractivity contribution < 1.29 is 9.53 Å². The van der Waals surface area contributed by atoms with E-state index < -0.39 is 5.97 Å². The molecule has 5 heteroatoms. The molecule has 0 fully saturated rings. The third-order valence-corrected chi connectivity index (χ3v) is 3.08. The summed E-state index contributed by atoms with van der Waals surface area (Å²) >= 11 is 3.46. The fourth-order valence-corrected chi connectivity index (χ4v) is 2.04. The lowest BCUT2D eigenvalue weighted by Gasteiger charge is -2.00. The molecule has 0 aliphatic carbocycles. The first kappa shape index (κ1) is 11.9. The fraction of sp³-hybridized carbons (Fsp3) is 0.167. The van der Waals surface area contributed by atoms with E-state index in [1.165, 1.54) is 7.11 Å². The van der Waals surface area contributed by atoms with Crippen molar-refractivity contribution in [2.75, 3.05) is 7.11 Å². The number of halogens is 1. The van der Waals surface area contributed by atoms with Crippen LogP contribution in [0.15, 0.2) is 28.7 Å². The second-order valence-electron chi connectivity index (χ2n) is 3.53. The molecule has 0 aliphatic heterocycles. The van der Waals surface area contributed by atoms with Crippen LogP contribution in [0.4, 0.5) is 0 Å². The van der Waals surface area contributed by atoms with Gasteiger partial charge in [-0.3, -0.25) is 0 Å². The molecule has 88 valence electrons. The van der Waals surface area contributed by atoms with E-state index in [1.807, 2.05) is 31.2 Å². The van der Waals surface area contributed by atoms with Gasteiger partial charge in [0.15, 0.2) is 0 Å². The van der Waals surface area contributed by atoms with Gasteiger partial charge in [0.2, 0.25) is 5.82 Å². The smallest absolute Gasteiger partial charge is 0.374 e. The van der Waals surface area contributed by atoms with Crippen molar-refractivity contribution in [3.05, 3.63) is 40.3 Å². The summed E-state index contributed by atoms with van der Waals surface area (Å²) < 4.78 is 5.56. The molecule has 0 amide bonds. The van der Waals surface area contributed by atoms with Crippen LogP contribution in [-0.2, 0) is 4.74 Å². The highest BCUT2D eigenvalue weighted by Crippen LogP contribution is 2.28. The van der Waals surface area contributed by atoms with E-state index in [4.69, 9.17) is 0 Å². The average molecular weight is 295 g/mol. The molecule has 0 saturated carbocycles. The zero-order valence-electron chi connectivity index (χ0n) is 9.45. The zero-order valence-corrected chi connectivity index (χ0v) is 11.0. The number of rotatable bonds is 2. The number of hydrogen-bond acceptors (Lipinski definition) is 3. The predicted molar refractivity (Wildman–Crippen MR) is 67.8 cm³/mol. The molecule has 0 bridgehead atoms. The van der Waals surface area contributed by atoms with Gasteiger partial charge in [-0.25, -0.2) is 9.78 Å². The van der Waals surface area contributed by atoms with Crippen molar-refractivity contribution in [1.29, 1.82) is 0 Å². The van der Waals surface area contributed by atoms with Crippen LogP contribution >= 0.6 is 15.9 Å². The Hall–Kier alpha value is -1.62. The van der Waals surface area contributed by atoms with Gasteiger partial charge in [0.25, 0.3) is 0 Å². The Kier molecular flexibility index (Phi) is 3.28. The van der Waals surface area contributed by atoms with Crippen molar-refractivity contribution in [2.45, 2.75) is 6.92 Å². The van der Waals surface area contributed by atoms with Crippen molar-refractivity contribution in [3.8, 4) is 11.3 Å². The summed E-state index contributed by atoms with van der Waals surface area (Å²) in [5.41, 5.74) is 2.52. The third kappa shape index (κ3) is 2.24. The largest absolute Gasteiger partial charge is 0.463 e. The van der Waals surface area contributed by atoms with Crippen LogP contribution in [0.25, 0.3) is 11.3 Å². The van der Waals surface area contributed by atoms with Gasteiger partial charge in [0, 0.05) is 15.7 Å². The number of nitrogens with zero attached hydrogens (tertiary/aromatic N) is 1. The second-order valence-corrected chi connectivity index (χ2v) is 4.38. The third-order valence-electron chi connectivity index (χ3n) is 2.39. The lowest BCUT2D eigenvalue weighted by Crippen LogP contribution is -2.03. The van der Waals surface area contributed by atoms with Crippen LogP contribution in [0.3, 0.4) is 0 Å². The lowest BCUT2D eigenvalue weighted by molar-refractivity contribution is 0.0588. The van der Waals surface area contributed by atoms with Crippen LogP contribution in [0.2, 0.25) is 0 Å². The number of aryl methyl sites for hydroxylation is 1. The summed E-state index contributed by atoms with van der Waals surface area (Å²) in [7, 11) is 1.33. The number of benzene rings is 1. The number of carbonyl (C=O) groups is 1. The number of carbonyl (C=O) groups excluding carboxylic acids is 1. The number of imidazole rings is 1. The summed E-state index contributed by atoms with van der Waals surface area (Å²) in [6, 6.07) is 7.72. The van der Waals surface area contributed by atoms with Crippen LogP contribution in [-0.4, -0.2) is 23.0 Å². The van der Waals surface area contributed by atoms with Gasteiger partial charge in [-0.1, -0.05) is 34.1 Å². The van der Waals surface area contributed by atoms with Gasteiger partial charge < -0.3 is 9.72 Å². The van der Waals surface area contributed by atoms with Crippen molar-refractivity contribution in [1.82, 2.24) is 9.97 Å². The first-order valence-corrected chi connectivity index (χ1v) is 5.82. The van der Waals surface area contributed by atoms with Gasteiger partial charge in [0.05, 0.1) is 12.8 Å². The fourth-order valence-electron chi connectivity index (χ4n) is 1.57. The minimum Gasteiger partial charge on any atom is -0.463 e. The Bertz CT molecular complexity index is 563. The highest BCUT2D eigenvalue weighted by atomic mass is 79.9. The van der Waals surface area contributed by atoms with Gasteiger partial charge in [-0.15, -0.1) is 0 Å². The molecule has 1 N–H and O–H groups in total. The van der Waals surface area contributed by atoms with Crippen LogP contribution in [0, 0.1) is 6.92 Å². The number of ether oxygens (including phenoxy) is 1. The maximum Gasteiger partial charge on any atom is 0.374 e. The highest BCUT2D eigenvalue weighted by Gasteiger charge is 2.16. The second kappa shape index (κ2) is 4.71. The molecular weight excluding hydrogens is 284 g/mol. The van der Waals surface area contributed by atoms with E-state index in [0.717, 1.165) is 21.4 Å². The Balaban J connectivity index is 2.50. The Morgan fingerprint density at radius 2 is 2.12 bits per heavy atom. The molecule has 0 spiro atoms. The number of methoxy groups -OCH3 is 1. The monoisotopic (exact) mass is 294 g/mol. The molecule has 0 unspecified atom stereocenters. The molecule has 0 saturated heterocycles. The van der Waals surface area contributed by atoms with Crippen LogP contribution < -0.4 is 0 Å². The number of hydrogen-bond donors (Lipinski definition) is 1. The molecule has 2 aromatic rings. The van der Waals surface area contributed by atoms with Gasteiger partial charge >= 0.3 is 5.97 Å². The summed E-state index contributed by atoms with van der Waals surface area (Å²) in [4.78, 5) is 18.5. The number of nitrogens with one attached hydrogen (secondary N) is 1. The first-order valence-electron chi connectivity index (χ1n) is 5.03. The van der Waals surface area contributed by atoms with Gasteiger partial charge in [-0.2, -0.15) is 0 Å². The molecule has 1 aromatic heterocycles. The van der Waals surface area contributed by atoms with Crippen molar-refractivity contribution in [2.24, 2.45) is 0 Å². The number of aromatic amines is 1. The quantitative estimate of drug-likeness (QED) is 0.867. The normalized spacial score (nSPS) is 10.3. The minimum absolute atomic E-state index is 0.218. The minimum atomic E-state index is -0.466. The number of H-pyrrole nitrogens is 1. The Labute approximate surface area is 107 Å². The molecule has 17 heavy (non-hydrogen) atoms. The summed E-state index contributed by atoms with van der Waals surface area (Å²) in [6.45, 7) is 1.87. The first-order chi connectivity index (χ1) is 8.13. The molecular formula is C12H11BrN2O2. The number of aromatic nitrogens is 2. The maximum atomic E-state index is 11.4. The number of esters is 1. The lowest BCUT2D eigenvalue weighted by atomic mass is 10.1. The highest BCUT2D eigenvalue weighted by molar-refractivity contribution is 9.10. The van der Waals surface area contributed by atoms with E-state index in [-0.39, 0.29) is 5.82 Å². The topological polar surface area (TPSA) is 55.0 Å². The molecule has 2 rings (SSSR count). The van der Waals surface area contributed by atoms with Crippen LogP contribution in [0.5, 0.6) is 0 Å². The van der Waals surface area contributed by atoms with E-state index in [1.54, 1.807) is 0 Å². The van der Waals surface area contributed by atoms with E-state index in [9.17, 15) is 4.79 Å². The Morgan fingerprint density at radius 1 is 1.41 bits per heavy atom. The van der Waals surface area contributed by atoms with Gasteiger partial charge in [0.1, 0.15) is 0 Å². The molecule has 0 radical (unpaired) electrons. The van der Waals surface area contributed by atoms with Gasteiger partial charge in [-0.05, 0) is 13.0 Å². The Morgan fingerprint density at radius 3 is 2.76 bits per heavy atom. The zero-order chi connectivity index (χ0) is 12.4. The summed E-state index contributed by atoms with van der Waals surface area (Å²) in [5.74, 6) is -0.248. The standard InChI is InChI=1S/C12H11BrN2O2/c1-7-10(8-5-3-4-6-9(8)13)15-11(14-7)12(16)17-2/h3-6H,1-2H3,(H,14,15). The predicted octanol–water partition coefficient (Wildman–Crippen LogP) is 2.93. The van der Waals surface area contributed by atoms with E-state index >= 15 is 0 Å². The van der Waals surface area contributed by atoms with E-state index in [0.29, 0.717) is 0 Å². The molecule has 1 aromatic carbocycles. The van der Waals surface area contributed by atoms with Crippen LogP contribution in [0.1, 0.15) is 16.3 Å². The van der Waals surface area contributed by atoms with E-state index in [2.05, 4.69) is 30.6 Å². The molecule has 0 aliphatic rings. The molecule has 0 atom stereocenters. The van der Waals surface area contributed by atoms with Crippen molar-refractivity contribution >= 4 is 21.9 Å². The summed E-state index contributed by atoms with van der Waals surface area (Å²) in [5, 5.41) is 0. The average Bonchev–Trinajstić information content (AvgIpc) is 2.71. The maximum absolute atomic E-state index is 11.4. The SMILES string of the molecule is COC(=O)c1nc(-c2ccccc2Br)c(C)[nH]1. The molecule has 4 nitrogen and oxygen atoms in total.